The minimum atomic E-state index is -0.887. The maximum atomic E-state index is 13.6. The van der Waals surface area contributed by atoms with E-state index in [9.17, 15) is 8.78 Å². The Balaban J connectivity index is 1.69. The van der Waals surface area contributed by atoms with E-state index in [1.165, 1.54) is 12.1 Å². The average Bonchev–Trinajstić information content (AvgIpc) is 3.07. The van der Waals surface area contributed by atoms with Crippen molar-refractivity contribution in [2.75, 3.05) is 0 Å². The van der Waals surface area contributed by atoms with Crippen LogP contribution in [0.4, 0.5) is 8.78 Å². The minimum absolute atomic E-state index is 0.0529. The third-order valence-corrected chi connectivity index (χ3v) is 3.47. The van der Waals surface area contributed by atoms with Crippen LogP contribution in [0.15, 0.2) is 47.0 Å². The number of ether oxygens (including phenoxy) is 1. The SMILES string of the molecule is CC(C)c1nc(-c2ccc(OCc3cccc(F)c3F)cc2)no1. The zero-order valence-corrected chi connectivity index (χ0v) is 13.3. The van der Waals surface area contributed by atoms with Crippen LogP contribution in [-0.4, -0.2) is 10.1 Å². The van der Waals surface area contributed by atoms with Gasteiger partial charge in [-0.25, -0.2) is 8.78 Å². The first-order valence-corrected chi connectivity index (χ1v) is 7.54. The first-order valence-electron chi connectivity index (χ1n) is 7.54. The van der Waals surface area contributed by atoms with Crippen LogP contribution in [0, 0.1) is 11.6 Å². The highest BCUT2D eigenvalue weighted by Gasteiger charge is 2.12. The molecule has 2 aromatic carbocycles. The summed E-state index contributed by atoms with van der Waals surface area (Å²) >= 11 is 0. The Morgan fingerprint density at radius 2 is 1.83 bits per heavy atom. The van der Waals surface area contributed by atoms with E-state index in [0.717, 1.165) is 11.6 Å². The third kappa shape index (κ3) is 3.42. The van der Waals surface area contributed by atoms with Gasteiger partial charge in [-0.3, -0.25) is 0 Å². The van der Waals surface area contributed by atoms with Crippen molar-refractivity contribution in [3.8, 4) is 17.1 Å². The molecule has 0 amide bonds. The number of hydrogen-bond acceptors (Lipinski definition) is 4. The van der Waals surface area contributed by atoms with Crippen LogP contribution in [0.1, 0.15) is 31.2 Å². The van der Waals surface area contributed by atoms with Crippen LogP contribution in [0.5, 0.6) is 5.75 Å². The van der Waals surface area contributed by atoms with E-state index in [4.69, 9.17) is 9.26 Å². The zero-order chi connectivity index (χ0) is 17.1. The Kier molecular flexibility index (Phi) is 4.55. The summed E-state index contributed by atoms with van der Waals surface area (Å²) in [5.41, 5.74) is 0.953. The van der Waals surface area contributed by atoms with Crippen molar-refractivity contribution in [2.45, 2.75) is 26.4 Å². The molecule has 0 aliphatic carbocycles. The van der Waals surface area contributed by atoms with Crippen molar-refractivity contribution in [2.24, 2.45) is 0 Å². The molecule has 0 saturated heterocycles. The molecule has 6 heteroatoms. The minimum Gasteiger partial charge on any atom is -0.489 e. The molecule has 0 unspecified atom stereocenters. The van der Waals surface area contributed by atoms with Gasteiger partial charge in [0.15, 0.2) is 11.6 Å². The zero-order valence-electron chi connectivity index (χ0n) is 13.3. The lowest BCUT2D eigenvalue weighted by Gasteiger charge is -2.07. The summed E-state index contributed by atoms with van der Waals surface area (Å²) in [5, 5.41) is 3.93. The van der Waals surface area contributed by atoms with Gasteiger partial charge in [0, 0.05) is 17.0 Å². The van der Waals surface area contributed by atoms with Crippen molar-refractivity contribution in [1.82, 2.24) is 10.1 Å². The van der Waals surface area contributed by atoms with Crippen LogP contribution in [0.2, 0.25) is 0 Å². The fourth-order valence-corrected chi connectivity index (χ4v) is 2.11. The predicted octanol–water partition coefficient (Wildman–Crippen LogP) is 4.72. The fraction of sp³-hybridized carbons (Fsp3) is 0.222. The number of aromatic nitrogens is 2. The van der Waals surface area contributed by atoms with Gasteiger partial charge in [-0.15, -0.1) is 0 Å². The van der Waals surface area contributed by atoms with Gasteiger partial charge < -0.3 is 9.26 Å². The van der Waals surface area contributed by atoms with Gasteiger partial charge in [0.1, 0.15) is 12.4 Å². The summed E-state index contributed by atoms with van der Waals surface area (Å²) in [6.45, 7) is 3.89. The van der Waals surface area contributed by atoms with Crippen molar-refractivity contribution < 1.29 is 18.0 Å². The standard InChI is InChI=1S/C18H16F2N2O2/c1-11(2)18-21-17(22-24-18)12-6-8-14(9-7-12)23-10-13-4-3-5-15(19)16(13)20/h3-9,11H,10H2,1-2H3. The number of hydrogen-bond donors (Lipinski definition) is 0. The normalized spacial score (nSPS) is 11.0. The second-order valence-electron chi connectivity index (χ2n) is 5.64. The largest absolute Gasteiger partial charge is 0.489 e. The van der Waals surface area contributed by atoms with E-state index in [1.807, 2.05) is 13.8 Å². The number of benzene rings is 2. The molecule has 0 atom stereocenters. The summed E-state index contributed by atoms with van der Waals surface area (Å²) in [6, 6.07) is 11.0. The lowest BCUT2D eigenvalue weighted by atomic mass is 10.2. The molecule has 0 N–H and O–H groups in total. The first kappa shape index (κ1) is 16.1. The van der Waals surface area contributed by atoms with E-state index in [0.29, 0.717) is 17.5 Å². The Labute approximate surface area is 138 Å². The second kappa shape index (κ2) is 6.78. The molecule has 24 heavy (non-hydrogen) atoms. The Hall–Kier alpha value is -2.76. The number of halogens is 2. The van der Waals surface area contributed by atoms with Gasteiger partial charge in [-0.05, 0) is 30.3 Å². The molecule has 1 aromatic heterocycles. The highest BCUT2D eigenvalue weighted by Crippen LogP contribution is 2.23. The van der Waals surface area contributed by atoms with E-state index in [2.05, 4.69) is 10.1 Å². The van der Waals surface area contributed by atoms with Gasteiger partial charge >= 0.3 is 0 Å². The van der Waals surface area contributed by atoms with Crippen LogP contribution in [0.3, 0.4) is 0 Å². The fourth-order valence-electron chi connectivity index (χ4n) is 2.11. The van der Waals surface area contributed by atoms with Crippen molar-refractivity contribution in [1.29, 1.82) is 0 Å². The molecule has 3 rings (SSSR count). The maximum Gasteiger partial charge on any atom is 0.229 e. The Morgan fingerprint density at radius 3 is 2.50 bits per heavy atom. The second-order valence-corrected chi connectivity index (χ2v) is 5.64. The topological polar surface area (TPSA) is 48.2 Å². The molecule has 4 nitrogen and oxygen atoms in total. The van der Waals surface area contributed by atoms with Gasteiger partial charge in [-0.1, -0.05) is 31.1 Å². The van der Waals surface area contributed by atoms with Gasteiger partial charge in [-0.2, -0.15) is 4.98 Å². The average molecular weight is 330 g/mol. The van der Waals surface area contributed by atoms with Gasteiger partial charge in [0.05, 0.1) is 0 Å². The summed E-state index contributed by atoms with van der Waals surface area (Å²) < 4.78 is 37.4. The highest BCUT2D eigenvalue weighted by molar-refractivity contribution is 5.55. The number of nitrogens with zero attached hydrogens (tertiary/aromatic N) is 2. The van der Waals surface area contributed by atoms with E-state index < -0.39 is 11.6 Å². The molecular formula is C18H16F2N2O2. The van der Waals surface area contributed by atoms with E-state index in [1.54, 1.807) is 24.3 Å². The van der Waals surface area contributed by atoms with E-state index in [-0.39, 0.29) is 18.1 Å². The molecule has 0 bridgehead atoms. The monoisotopic (exact) mass is 330 g/mol. The molecule has 3 aromatic rings. The highest BCUT2D eigenvalue weighted by atomic mass is 19.2. The molecular weight excluding hydrogens is 314 g/mol. The van der Waals surface area contributed by atoms with E-state index >= 15 is 0 Å². The summed E-state index contributed by atoms with van der Waals surface area (Å²) in [7, 11) is 0. The molecule has 0 radical (unpaired) electrons. The smallest absolute Gasteiger partial charge is 0.229 e. The first-order chi connectivity index (χ1) is 11.5. The molecule has 0 aliphatic heterocycles. The summed E-state index contributed by atoms with van der Waals surface area (Å²) in [6.07, 6.45) is 0. The van der Waals surface area contributed by atoms with Gasteiger partial charge in [0.25, 0.3) is 0 Å². The van der Waals surface area contributed by atoms with Crippen molar-refractivity contribution >= 4 is 0 Å². The maximum absolute atomic E-state index is 13.6. The molecule has 0 fully saturated rings. The van der Waals surface area contributed by atoms with Gasteiger partial charge in [0.2, 0.25) is 11.7 Å². The van der Waals surface area contributed by atoms with Crippen molar-refractivity contribution in [3.05, 3.63) is 65.6 Å². The molecule has 124 valence electrons. The summed E-state index contributed by atoms with van der Waals surface area (Å²) in [4.78, 5) is 4.31. The molecule has 0 saturated carbocycles. The predicted molar refractivity (Wildman–Crippen MR) is 84.5 cm³/mol. The molecule has 1 heterocycles. The van der Waals surface area contributed by atoms with Crippen LogP contribution >= 0.6 is 0 Å². The number of rotatable bonds is 5. The Bertz CT molecular complexity index is 829. The molecule has 0 spiro atoms. The quantitative estimate of drug-likeness (QED) is 0.679. The Morgan fingerprint density at radius 1 is 1.08 bits per heavy atom. The van der Waals surface area contributed by atoms with Crippen molar-refractivity contribution in [3.63, 3.8) is 0 Å². The van der Waals surface area contributed by atoms with Crippen LogP contribution < -0.4 is 4.74 Å². The van der Waals surface area contributed by atoms with Crippen LogP contribution in [-0.2, 0) is 6.61 Å². The van der Waals surface area contributed by atoms with Crippen LogP contribution in [0.25, 0.3) is 11.4 Å². The lowest BCUT2D eigenvalue weighted by molar-refractivity contribution is 0.297. The third-order valence-electron chi connectivity index (χ3n) is 3.47. The molecule has 0 aliphatic rings. The summed E-state index contributed by atoms with van der Waals surface area (Å²) in [5.74, 6) is 0.00462. The lowest BCUT2D eigenvalue weighted by Crippen LogP contribution is -2.00.